The van der Waals surface area contributed by atoms with Crippen molar-refractivity contribution in [1.82, 2.24) is 5.32 Å². The first kappa shape index (κ1) is 14.1. The van der Waals surface area contributed by atoms with Crippen LogP contribution in [0.5, 0.6) is 0 Å². The lowest BCUT2D eigenvalue weighted by Crippen LogP contribution is -2.40. The molecule has 0 saturated heterocycles. The standard InChI is InChI=1S/C19H29N/c1-4-20-19(18-11-15-7-8-16(18)10-15)12-17-9-13(2)5-6-14(17)3/h5-6,9,15-16,18-20H,4,7-8,10-12H2,1-3H3. The monoisotopic (exact) mass is 271 g/mol. The summed E-state index contributed by atoms with van der Waals surface area (Å²) in [5, 5.41) is 3.80. The van der Waals surface area contributed by atoms with Crippen LogP contribution in [0.15, 0.2) is 18.2 Å². The first-order valence-electron chi connectivity index (χ1n) is 8.47. The van der Waals surface area contributed by atoms with Gasteiger partial charge in [0.25, 0.3) is 0 Å². The maximum Gasteiger partial charge on any atom is 0.0138 e. The van der Waals surface area contributed by atoms with Crippen molar-refractivity contribution < 1.29 is 0 Å². The number of rotatable bonds is 5. The van der Waals surface area contributed by atoms with Gasteiger partial charge in [-0.25, -0.2) is 0 Å². The molecule has 1 aromatic carbocycles. The minimum Gasteiger partial charge on any atom is -0.314 e. The Morgan fingerprint density at radius 2 is 2.05 bits per heavy atom. The first-order valence-corrected chi connectivity index (χ1v) is 8.47. The van der Waals surface area contributed by atoms with Crippen molar-refractivity contribution in [2.75, 3.05) is 6.54 Å². The van der Waals surface area contributed by atoms with Gasteiger partial charge in [-0.1, -0.05) is 37.1 Å². The third kappa shape index (κ3) is 2.79. The van der Waals surface area contributed by atoms with Crippen molar-refractivity contribution in [1.29, 1.82) is 0 Å². The van der Waals surface area contributed by atoms with Crippen LogP contribution in [0.2, 0.25) is 0 Å². The smallest absolute Gasteiger partial charge is 0.0138 e. The fourth-order valence-corrected chi connectivity index (χ4v) is 4.68. The van der Waals surface area contributed by atoms with Gasteiger partial charge in [0.15, 0.2) is 0 Å². The van der Waals surface area contributed by atoms with Gasteiger partial charge in [0.2, 0.25) is 0 Å². The normalized spacial score (nSPS) is 29.9. The summed E-state index contributed by atoms with van der Waals surface area (Å²) in [4.78, 5) is 0. The van der Waals surface area contributed by atoms with Gasteiger partial charge in [-0.2, -0.15) is 0 Å². The Morgan fingerprint density at radius 3 is 2.70 bits per heavy atom. The summed E-state index contributed by atoms with van der Waals surface area (Å²) < 4.78 is 0. The van der Waals surface area contributed by atoms with Crippen molar-refractivity contribution in [3.63, 3.8) is 0 Å². The molecule has 0 aliphatic heterocycles. The summed E-state index contributed by atoms with van der Waals surface area (Å²) in [5.74, 6) is 2.98. The number of aryl methyl sites for hydroxylation is 2. The van der Waals surface area contributed by atoms with Gasteiger partial charge in [0.05, 0.1) is 0 Å². The first-order chi connectivity index (χ1) is 9.67. The zero-order valence-electron chi connectivity index (χ0n) is 13.3. The average Bonchev–Trinajstić information content (AvgIpc) is 3.05. The predicted molar refractivity (Wildman–Crippen MR) is 86.0 cm³/mol. The van der Waals surface area contributed by atoms with Crippen molar-refractivity contribution >= 4 is 0 Å². The van der Waals surface area contributed by atoms with E-state index in [1.165, 1.54) is 43.2 Å². The highest BCUT2D eigenvalue weighted by Gasteiger charge is 2.42. The Kier molecular flexibility index (Phi) is 4.16. The molecule has 1 aromatic rings. The van der Waals surface area contributed by atoms with Crippen molar-refractivity contribution in [3.05, 3.63) is 34.9 Å². The molecule has 0 radical (unpaired) electrons. The van der Waals surface area contributed by atoms with Gasteiger partial charge in [-0.05, 0) is 75.0 Å². The zero-order chi connectivity index (χ0) is 14.1. The molecule has 20 heavy (non-hydrogen) atoms. The molecule has 2 fully saturated rings. The highest BCUT2D eigenvalue weighted by Crippen LogP contribution is 2.49. The lowest BCUT2D eigenvalue weighted by molar-refractivity contribution is 0.249. The third-order valence-electron chi connectivity index (χ3n) is 5.72. The molecule has 2 aliphatic carbocycles. The molecule has 110 valence electrons. The summed E-state index contributed by atoms with van der Waals surface area (Å²) in [5.41, 5.74) is 4.41. The van der Waals surface area contributed by atoms with Crippen LogP contribution in [0.3, 0.4) is 0 Å². The quantitative estimate of drug-likeness (QED) is 0.843. The number of hydrogen-bond donors (Lipinski definition) is 1. The Balaban J connectivity index is 1.75. The fourth-order valence-electron chi connectivity index (χ4n) is 4.68. The van der Waals surface area contributed by atoms with Crippen LogP contribution in [-0.2, 0) is 6.42 Å². The summed E-state index contributed by atoms with van der Waals surface area (Å²) >= 11 is 0. The number of benzene rings is 1. The zero-order valence-corrected chi connectivity index (χ0v) is 13.3. The average molecular weight is 271 g/mol. The van der Waals surface area contributed by atoms with Crippen LogP contribution in [0, 0.1) is 31.6 Å². The molecule has 4 unspecified atom stereocenters. The molecule has 1 heteroatoms. The van der Waals surface area contributed by atoms with E-state index in [4.69, 9.17) is 0 Å². The van der Waals surface area contributed by atoms with Gasteiger partial charge in [0, 0.05) is 6.04 Å². The van der Waals surface area contributed by atoms with E-state index in [2.05, 4.69) is 44.3 Å². The Bertz CT molecular complexity index is 465. The van der Waals surface area contributed by atoms with Crippen LogP contribution >= 0.6 is 0 Å². The number of fused-ring (bicyclic) bond motifs is 2. The molecule has 0 amide bonds. The fraction of sp³-hybridized carbons (Fsp3) is 0.684. The molecule has 2 saturated carbocycles. The van der Waals surface area contributed by atoms with Crippen LogP contribution in [0.1, 0.15) is 49.3 Å². The summed E-state index contributed by atoms with van der Waals surface area (Å²) in [6, 6.07) is 7.61. The molecule has 0 heterocycles. The molecule has 1 N–H and O–H groups in total. The molecule has 3 rings (SSSR count). The lowest BCUT2D eigenvalue weighted by Gasteiger charge is -2.31. The summed E-state index contributed by atoms with van der Waals surface area (Å²) in [6.45, 7) is 7.83. The van der Waals surface area contributed by atoms with E-state index in [0.29, 0.717) is 6.04 Å². The summed E-state index contributed by atoms with van der Waals surface area (Å²) in [6.07, 6.45) is 7.20. The van der Waals surface area contributed by atoms with Gasteiger partial charge in [-0.3, -0.25) is 0 Å². The largest absolute Gasteiger partial charge is 0.314 e. The van der Waals surface area contributed by atoms with E-state index < -0.39 is 0 Å². The molecule has 2 bridgehead atoms. The van der Waals surface area contributed by atoms with Crippen LogP contribution in [0.4, 0.5) is 0 Å². The van der Waals surface area contributed by atoms with Gasteiger partial charge in [-0.15, -0.1) is 0 Å². The minimum atomic E-state index is 0.691. The lowest BCUT2D eigenvalue weighted by atomic mass is 9.80. The number of likely N-dealkylation sites (N-methyl/N-ethyl adjacent to an activating group) is 1. The molecule has 0 spiro atoms. The van der Waals surface area contributed by atoms with Crippen molar-refractivity contribution in [3.8, 4) is 0 Å². The Morgan fingerprint density at radius 1 is 1.20 bits per heavy atom. The maximum atomic E-state index is 3.80. The molecule has 0 aromatic heterocycles. The molecular weight excluding hydrogens is 242 g/mol. The van der Waals surface area contributed by atoms with E-state index in [-0.39, 0.29) is 0 Å². The van der Waals surface area contributed by atoms with Gasteiger partial charge >= 0.3 is 0 Å². The Labute approximate surface area is 124 Å². The van der Waals surface area contributed by atoms with E-state index in [0.717, 1.165) is 24.3 Å². The third-order valence-corrected chi connectivity index (χ3v) is 5.72. The highest BCUT2D eigenvalue weighted by atomic mass is 14.9. The van der Waals surface area contributed by atoms with Crippen LogP contribution in [-0.4, -0.2) is 12.6 Å². The van der Waals surface area contributed by atoms with Crippen molar-refractivity contribution in [2.24, 2.45) is 17.8 Å². The second kappa shape index (κ2) is 5.89. The maximum absolute atomic E-state index is 3.80. The van der Waals surface area contributed by atoms with E-state index >= 15 is 0 Å². The van der Waals surface area contributed by atoms with Gasteiger partial charge < -0.3 is 5.32 Å². The second-order valence-electron chi connectivity index (χ2n) is 7.14. The predicted octanol–water partition coefficient (Wildman–Crippen LogP) is 4.26. The van der Waals surface area contributed by atoms with E-state index in [1.54, 1.807) is 5.56 Å². The Hall–Kier alpha value is -0.820. The van der Waals surface area contributed by atoms with Crippen molar-refractivity contribution in [2.45, 2.75) is 58.9 Å². The highest BCUT2D eigenvalue weighted by molar-refractivity contribution is 5.31. The summed E-state index contributed by atoms with van der Waals surface area (Å²) in [7, 11) is 0. The molecule has 1 nitrogen and oxygen atoms in total. The second-order valence-corrected chi connectivity index (χ2v) is 7.14. The minimum absolute atomic E-state index is 0.691. The van der Waals surface area contributed by atoms with Gasteiger partial charge in [0.1, 0.15) is 0 Å². The van der Waals surface area contributed by atoms with E-state index in [9.17, 15) is 0 Å². The van der Waals surface area contributed by atoms with Crippen LogP contribution in [0.25, 0.3) is 0 Å². The topological polar surface area (TPSA) is 12.0 Å². The molecule has 2 aliphatic rings. The molecule has 4 atom stereocenters. The van der Waals surface area contributed by atoms with E-state index in [1.807, 2.05) is 0 Å². The number of nitrogens with one attached hydrogen (secondary N) is 1. The SMILES string of the molecule is CCNC(Cc1cc(C)ccc1C)C1CC2CCC1C2. The number of hydrogen-bond acceptors (Lipinski definition) is 1. The molecular formula is C19H29N. The van der Waals surface area contributed by atoms with Crippen LogP contribution < -0.4 is 5.32 Å².